The molecule has 1 heterocycles. The van der Waals surface area contributed by atoms with Crippen molar-refractivity contribution in [3.63, 3.8) is 0 Å². The van der Waals surface area contributed by atoms with E-state index in [1.54, 1.807) is 17.0 Å². The maximum absolute atomic E-state index is 13.4. The summed E-state index contributed by atoms with van der Waals surface area (Å²) >= 11 is 0. The normalized spacial score (nSPS) is 18.9. The second-order valence-electron chi connectivity index (χ2n) is 8.24. The van der Waals surface area contributed by atoms with Gasteiger partial charge in [-0.2, -0.15) is 8.42 Å². The Labute approximate surface area is 196 Å². The Hall–Kier alpha value is -3.30. The molecule has 1 fully saturated rings. The summed E-state index contributed by atoms with van der Waals surface area (Å²) in [6.45, 7) is 0. The first-order valence-corrected chi connectivity index (χ1v) is 12.5. The third-order valence-corrected chi connectivity index (χ3v) is 6.29. The summed E-state index contributed by atoms with van der Waals surface area (Å²) in [5.41, 5.74) is 1.83. The van der Waals surface area contributed by atoms with Crippen LogP contribution in [0.1, 0.15) is 36.1 Å². The molecule has 0 bridgehead atoms. The van der Waals surface area contributed by atoms with Gasteiger partial charge in [-0.15, -0.1) is 0 Å². The lowest BCUT2D eigenvalue weighted by Gasteiger charge is -2.48. The molecular weight excluding hydrogens is 464 g/mol. The highest BCUT2D eigenvalue weighted by atomic mass is 32.2. The summed E-state index contributed by atoms with van der Waals surface area (Å²) in [5, 5.41) is 10.5. The first-order chi connectivity index (χ1) is 16.1. The molecule has 6 nitrogen and oxygen atoms in total. The van der Waals surface area contributed by atoms with E-state index in [2.05, 4.69) is 0 Å². The van der Waals surface area contributed by atoms with E-state index in [1.807, 2.05) is 0 Å². The summed E-state index contributed by atoms with van der Waals surface area (Å²) in [6, 6.07) is 17.1. The molecule has 1 saturated heterocycles. The molecular formula is C25H23F2NO5S. The predicted octanol–water partition coefficient (Wildman–Crippen LogP) is 4.52. The van der Waals surface area contributed by atoms with Gasteiger partial charge in [-0.3, -0.25) is 4.79 Å². The first-order valence-electron chi connectivity index (χ1n) is 10.6. The lowest BCUT2D eigenvalue weighted by Crippen LogP contribution is -2.55. The lowest BCUT2D eigenvalue weighted by molar-refractivity contribution is -0.131. The fourth-order valence-electron chi connectivity index (χ4n) is 4.19. The average Bonchev–Trinajstić information content (AvgIpc) is 2.79. The summed E-state index contributed by atoms with van der Waals surface area (Å²) in [6.07, 6.45) is 0.732. The Kier molecular flexibility index (Phi) is 6.67. The average molecular weight is 488 g/mol. The second-order valence-corrected chi connectivity index (χ2v) is 9.81. The van der Waals surface area contributed by atoms with Crippen LogP contribution in [0.25, 0.3) is 0 Å². The van der Waals surface area contributed by atoms with Gasteiger partial charge >= 0.3 is 10.1 Å². The molecule has 34 heavy (non-hydrogen) atoms. The van der Waals surface area contributed by atoms with Crippen LogP contribution in [0.5, 0.6) is 5.75 Å². The number of nitrogens with zero attached hydrogens (tertiary/aromatic N) is 1. The molecule has 1 amide bonds. The van der Waals surface area contributed by atoms with Gasteiger partial charge in [0.2, 0.25) is 5.91 Å². The van der Waals surface area contributed by atoms with E-state index in [0.29, 0.717) is 17.7 Å². The molecule has 3 atom stereocenters. The number of hydrogen-bond acceptors (Lipinski definition) is 5. The summed E-state index contributed by atoms with van der Waals surface area (Å²) in [4.78, 5) is 14.6. The molecule has 0 aliphatic carbocycles. The first kappa shape index (κ1) is 23.8. The summed E-state index contributed by atoms with van der Waals surface area (Å²) in [7, 11) is -3.68. The molecule has 0 spiro atoms. The third-order valence-electron chi connectivity index (χ3n) is 5.79. The summed E-state index contributed by atoms with van der Waals surface area (Å²) in [5.74, 6) is -1.30. The van der Waals surface area contributed by atoms with Gasteiger partial charge in [0.1, 0.15) is 17.4 Å². The number of halogens is 2. The zero-order valence-corrected chi connectivity index (χ0v) is 19.1. The third kappa shape index (κ3) is 5.26. The Bertz CT molecular complexity index is 1260. The van der Waals surface area contributed by atoms with Gasteiger partial charge in [0.05, 0.1) is 24.3 Å². The van der Waals surface area contributed by atoms with Crippen LogP contribution in [0.3, 0.4) is 0 Å². The van der Waals surface area contributed by atoms with Crippen molar-refractivity contribution >= 4 is 21.7 Å². The molecule has 1 aliphatic rings. The van der Waals surface area contributed by atoms with Crippen molar-refractivity contribution in [2.75, 3.05) is 11.2 Å². The van der Waals surface area contributed by atoms with Crippen molar-refractivity contribution in [2.45, 2.75) is 25.0 Å². The van der Waals surface area contributed by atoms with Crippen LogP contribution in [0, 0.1) is 17.6 Å². The standard InChI is InChI=1S/C25H23F2NO5S/c1-34(31,32)33-21-12-4-17(5-13-21)24-22(14-15-23(29)16-2-6-18(26)7-3-16)25(30)28(24)20-10-8-19(27)9-11-20/h2-13,22-24,29H,14-15H2,1H3/t22-,23-,24-/m0/s1. The number of rotatable bonds is 8. The second kappa shape index (κ2) is 9.52. The van der Waals surface area contributed by atoms with Crippen LogP contribution in [0.2, 0.25) is 0 Å². The summed E-state index contributed by atoms with van der Waals surface area (Å²) < 4.78 is 54.2. The fourth-order valence-corrected chi connectivity index (χ4v) is 4.65. The molecule has 1 aliphatic heterocycles. The van der Waals surface area contributed by atoms with Gasteiger partial charge in [0.15, 0.2) is 0 Å². The van der Waals surface area contributed by atoms with Crippen LogP contribution in [0.4, 0.5) is 14.5 Å². The topological polar surface area (TPSA) is 83.9 Å². The molecule has 4 rings (SSSR count). The van der Waals surface area contributed by atoms with E-state index in [0.717, 1.165) is 11.8 Å². The molecule has 1 N–H and O–H groups in total. The molecule has 3 aromatic carbocycles. The molecule has 3 aromatic rings. The Morgan fingerprint density at radius 1 is 0.941 bits per heavy atom. The van der Waals surface area contributed by atoms with Crippen molar-refractivity contribution < 1.29 is 31.3 Å². The number of anilines is 1. The SMILES string of the molecule is CS(=O)(=O)Oc1ccc([C@H]2[C@H](CC[C@H](O)c3ccc(F)cc3)C(=O)N2c2ccc(F)cc2)cc1. The lowest BCUT2D eigenvalue weighted by atomic mass is 9.78. The maximum Gasteiger partial charge on any atom is 0.306 e. The van der Waals surface area contributed by atoms with Crippen LogP contribution < -0.4 is 9.08 Å². The minimum atomic E-state index is -3.68. The molecule has 0 unspecified atom stereocenters. The Morgan fingerprint density at radius 2 is 1.50 bits per heavy atom. The number of aliphatic hydroxyl groups excluding tert-OH is 1. The highest BCUT2D eigenvalue weighted by Gasteiger charge is 2.48. The molecule has 0 radical (unpaired) electrons. The van der Waals surface area contributed by atoms with Crippen molar-refractivity contribution in [1.29, 1.82) is 0 Å². The zero-order valence-electron chi connectivity index (χ0n) is 18.3. The number of hydrogen-bond donors (Lipinski definition) is 1. The van der Waals surface area contributed by atoms with Crippen molar-refractivity contribution in [3.8, 4) is 5.75 Å². The van der Waals surface area contributed by atoms with Gasteiger partial charge in [-0.25, -0.2) is 8.78 Å². The number of β-lactam (4-membered cyclic amide) rings is 1. The number of benzene rings is 3. The Balaban J connectivity index is 1.56. The van der Waals surface area contributed by atoms with Gasteiger partial charge < -0.3 is 14.2 Å². The van der Waals surface area contributed by atoms with E-state index < -0.39 is 39.8 Å². The smallest absolute Gasteiger partial charge is 0.306 e. The van der Waals surface area contributed by atoms with Crippen LogP contribution >= 0.6 is 0 Å². The number of aliphatic hydroxyl groups is 1. The van der Waals surface area contributed by atoms with Gasteiger partial charge in [0, 0.05) is 5.69 Å². The highest BCUT2D eigenvalue weighted by molar-refractivity contribution is 7.86. The van der Waals surface area contributed by atoms with Crippen LogP contribution in [-0.2, 0) is 14.9 Å². The Morgan fingerprint density at radius 3 is 2.06 bits per heavy atom. The van der Waals surface area contributed by atoms with Crippen LogP contribution in [0.15, 0.2) is 72.8 Å². The van der Waals surface area contributed by atoms with Crippen molar-refractivity contribution in [3.05, 3.63) is 95.6 Å². The largest absolute Gasteiger partial charge is 0.388 e. The number of amides is 1. The predicted molar refractivity (Wildman–Crippen MR) is 123 cm³/mol. The van der Waals surface area contributed by atoms with Gasteiger partial charge in [0.25, 0.3) is 0 Å². The monoisotopic (exact) mass is 487 g/mol. The van der Waals surface area contributed by atoms with Crippen molar-refractivity contribution in [1.82, 2.24) is 0 Å². The molecule has 9 heteroatoms. The fraction of sp³-hybridized carbons (Fsp3) is 0.240. The quantitative estimate of drug-likeness (QED) is 0.373. The minimum absolute atomic E-state index is 0.147. The van der Waals surface area contributed by atoms with E-state index in [1.165, 1.54) is 60.7 Å². The van der Waals surface area contributed by atoms with Crippen LogP contribution in [-0.4, -0.2) is 25.7 Å². The van der Waals surface area contributed by atoms with E-state index in [4.69, 9.17) is 4.18 Å². The minimum Gasteiger partial charge on any atom is -0.388 e. The maximum atomic E-state index is 13.4. The van der Waals surface area contributed by atoms with Gasteiger partial charge in [-0.05, 0) is 72.5 Å². The van der Waals surface area contributed by atoms with Gasteiger partial charge in [-0.1, -0.05) is 24.3 Å². The van der Waals surface area contributed by atoms with E-state index >= 15 is 0 Å². The molecule has 178 valence electrons. The highest BCUT2D eigenvalue weighted by Crippen LogP contribution is 2.46. The van der Waals surface area contributed by atoms with Crippen molar-refractivity contribution in [2.24, 2.45) is 5.92 Å². The zero-order chi connectivity index (χ0) is 24.5. The van der Waals surface area contributed by atoms with E-state index in [-0.39, 0.29) is 18.1 Å². The van der Waals surface area contributed by atoms with E-state index in [9.17, 15) is 27.1 Å². The number of carbonyl (C=O) groups is 1. The molecule has 0 saturated carbocycles. The number of carbonyl (C=O) groups excluding carboxylic acids is 1. The molecule has 0 aromatic heterocycles.